The lowest BCUT2D eigenvalue weighted by atomic mass is 9.76. The van der Waals surface area contributed by atoms with Crippen LogP contribution in [-0.2, 0) is 4.79 Å². The number of piperidine rings is 1. The van der Waals surface area contributed by atoms with Gasteiger partial charge in [0.05, 0.1) is 13.7 Å². The molecule has 1 saturated heterocycles. The molecule has 4 rings (SSSR count). The van der Waals surface area contributed by atoms with Gasteiger partial charge in [-0.15, -0.1) is 0 Å². The first kappa shape index (κ1) is 28.2. The second-order valence-corrected chi connectivity index (χ2v) is 9.58. The van der Waals surface area contributed by atoms with E-state index in [1.54, 1.807) is 18.2 Å². The van der Waals surface area contributed by atoms with Crippen LogP contribution >= 0.6 is 0 Å². The number of carboxylic acids is 1. The van der Waals surface area contributed by atoms with Gasteiger partial charge in [0, 0.05) is 18.0 Å². The second-order valence-electron chi connectivity index (χ2n) is 9.58. The van der Waals surface area contributed by atoms with Crippen molar-refractivity contribution in [3.05, 3.63) is 94.8 Å². The molecule has 3 aromatic rings. The first-order valence-corrected chi connectivity index (χ1v) is 12.8. The Kier molecular flexibility index (Phi) is 9.24. The molecule has 1 aliphatic heterocycles. The van der Waals surface area contributed by atoms with Crippen LogP contribution in [0.1, 0.15) is 46.7 Å². The smallest absolute Gasteiger partial charge is 0.377 e. The topological polar surface area (TPSA) is 76.1 Å². The van der Waals surface area contributed by atoms with Crippen molar-refractivity contribution in [1.29, 1.82) is 0 Å². The van der Waals surface area contributed by atoms with Crippen molar-refractivity contribution < 1.29 is 37.3 Å². The number of halogens is 3. The van der Waals surface area contributed by atoms with Crippen molar-refractivity contribution in [3.8, 4) is 11.5 Å². The largest absolute Gasteiger partial charge is 0.493 e. The van der Waals surface area contributed by atoms with Gasteiger partial charge < -0.3 is 19.5 Å². The molecule has 1 fully saturated rings. The number of Topliss-reactive ketones (excluding diaryl/α,β-unsaturated/α-hetero) is 1. The quantitative estimate of drug-likeness (QED) is 0.191. The zero-order valence-corrected chi connectivity index (χ0v) is 21.5. The minimum Gasteiger partial charge on any atom is -0.493 e. The van der Waals surface area contributed by atoms with Gasteiger partial charge in [0.25, 0.3) is 5.78 Å². The van der Waals surface area contributed by atoms with E-state index in [1.165, 1.54) is 43.5 Å². The van der Waals surface area contributed by atoms with Crippen LogP contribution in [0.15, 0.2) is 60.7 Å². The number of ketones is 1. The van der Waals surface area contributed by atoms with Crippen LogP contribution in [0, 0.1) is 23.4 Å². The molecule has 1 aliphatic rings. The molecular formula is C30H30F3NO5. The van der Waals surface area contributed by atoms with Gasteiger partial charge in [-0.2, -0.15) is 0 Å². The fraction of sp³-hybridized carbons (Fsp3) is 0.333. The molecule has 6 nitrogen and oxygen atoms in total. The summed E-state index contributed by atoms with van der Waals surface area (Å²) in [5.41, 5.74) is 1.56. The highest BCUT2D eigenvalue weighted by atomic mass is 19.2. The third-order valence-corrected chi connectivity index (χ3v) is 7.13. The lowest BCUT2D eigenvalue weighted by Crippen LogP contribution is -2.37. The van der Waals surface area contributed by atoms with E-state index in [0.29, 0.717) is 17.9 Å². The van der Waals surface area contributed by atoms with Gasteiger partial charge in [0.2, 0.25) is 0 Å². The lowest BCUT2D eigenvalue weighted by molar-refractivity contribution is -0.131. The third-order valence-electron chi connectivity index (χ3n) is 7.13. The summed E-state index contributed by atoms with van der Waals surface area (Å²) in [6.45, 7) is 2.83. The minimum atomic E-state index is -1.54. The van der Waals surface area contributed by atoms with Gasteiger partial charge in [-0.1, -0.05) is 18.2 Å². The molecule has 206 valence electrons. The van der Waals surface area contributed by atoms with Gasteiger partial charge >= 0.3 is 5.97 Å². The van der Waals surface area contributed by atoms with Gasteiger partial charge in [-0.25, -0.2) is 18.0 Å². The van der Waals surface area contributed by atoms with Gasteiger partial charge in [0.15, 0.2) is 23.1 Å². The molecule has 1 N–H and O–H groups in total. The maximum atomic E-state index is 14.1. The summed E-state index contributed by atoms with van der Waals surface area (Å²) in [5.74, 6) is -3.97. The van der Waals surface area contributed by atoms with Gasteiger partial charge in [-0.05, 0) is 91.9 Å². The number of likely N-dealkylation sites (tertiary alicyclic amines) is 1. The predicted molar refractivity (Wildman–Crippen MR) is 139 cm³/mol. The highest BCUT2D eigenvalue weighted by Gasteiger charge is 2.29. The molecule has 3 aromatic carbocycles. The van der Waals surface area contributed by atoms with Crippen molar-refractivity contribution in [2.75, 3.05) is 33.4 Å². The molecule has 0 aromatic heterocycles. The molecule has 0 aliphatic carbocycles. The standard InChI is InChI=1S/C30H30F3NO5/c1-38-27-18-22(29(35)30(36)37)6-10-26(27)39-16-2-13-34-14-11-20(12-15-34)28(19-3-7-23(31)8-4-19)21-5-9-24(32)25(33)17-21/h3-10,17-18,20,28H,2,11-16H2,1H3,(H,36,37). The Balaban J connectivity index is 1.32. The van der Waals surface area contributed by atoms with Crippen LogP contribution in [0.3, 0.4) is 0 Å². The Morgan fingerprint density at radius 1 is 0.923 bits per heavy atom. The number of benzene rings is 3. The summed E-state index contributed by atoms with van der Waals surface area (Å²) in [6, 6.07) is 14.5. The fourth-order valence-electron chi connectivity index (χ4n) is 5.14. The van der Waals surface area contributed by atoms with E-state index >= 15 is 0 Å². The monoisotopic (exact) mass is 541 g/mol. The molecule has 0 radical (unpaired) electrons. The van der Waals surface area contributed by atoms with Crippen molar-refractivity contribution in [2.45, 2.75) is 25.2 Å². The van der Waals surface area contributed by atoms with E-state index in [9.17, 15) is 22.8 Å². The normalized spacial score (nSPS) is 15.1. The molecule has 1 heterocycles. The van der Waals surface area contributed by atoms with E-state index in [-0.39, 0.29) is 29.0 Å². The Bertz CT molecular complexity index is 1310. The molecule has 0 saturated carbocycles. The number of ether oxygens (including phenoxy) is 2. The Morgan fingerprint density at radius 2 is 1.62 bits per heavy atom. The average molecular weight is 542 g/mol. The Hall–Kier alpha value is -3.85. The number of hydrogen-bond acceptors (Lipinski definition) is 5. The SMILES string of the molecule is COc1cc(C(=O)C(=O)O)ccc1OCCCN1CCC(C(c2ccc(F)cc2)c2ccc(F)c(F)c2)CC1. The number of nitrogens with zero attached hydrogens (tertiary/aromatic N) is 1. The lowest BCUT2D eigenvalue weighted by Gasteiger charge is -2.36. The highest BCUT2D eigenvalue weighted by molar-refractivity contribution is 6.39. The number of hydrogen-bond donors (Lipinski definition) is 1. The van der Waals surface area contributed by atoms with E-state index < -0.39 is 23.4 Å². The summed E-state index contributed by atoms with van der Waals surface area (Å²) < 4.78 is 52.3. The van der Waals surface area contributed by atoms with Crippen molar-refractivity contribution >= 4 is 11.8 Å². The minimum absolute atomic E-state index is 0.0110. The molecule has 0 amide bonds. The number of carbonyl (C=O) groups is 2. The maximum absolute atomic E-state index is 14.1. The molecule has 0 bridgehead atoms. The fourth-order valence-corrected chi connectivity index (χ4v) is 5.14. The van der Waals surface area contributed by atoms with Crippen LogP contribution in [0.4, 0.5) is 13.2 Å². The molecule has 9 heteroatoms. The van der Waals surface area contributed by atoms with Crippen LogP contribution in [-0.4, -0.2) is 55.1 Å². The number of carboxylic acid groups (broad SMARTS) is 1. The highest BCUT2D eigenvalue weighted by Crippen LogP contribution is 2.38. The van der Waals surface area contributed by atoms with Gasteiger partial charge in [0.1, 0.15) is 5.82 Å². The van der Waals surface area contributed by atoms with Crippen LogP contribution < -0.4 is 9.47 Å². The summed E-state index contributed by atoms with van der Waals surface area (Å²) in [5, 5.41) is 8.89. The molecular weight excluding hydrogens is 511 g/mol. The molecule has 0 spiro atoms. The summed E-state index contributed by atoms with van der Waals surface area (Å²) >= 11 is 0. The Labute approximate surface area is 225 Å². The van der Waals surface area contributed by atoms with Crippen LogP contribution in [0.2, 0.25) is 0 Å². The second kappa shape index (κ2) is 12.8. The van der Waals surface area contributed by atoms with Gasteiger partial charge in [-0.3, -0.25) is 4.79 Å². The third kappa shape index (κ3) is 6.97. The zero-order chi connectivity index (χ0) is 27.9. The van der Waals surface area contributed by atoms with Crippen LogP contribution in [0.5, 0.6) is 11.5 Å². The van der Waals surface area contributed by atoms with Crippen molar-refractivity contribution in [3.63, 3.8) is 0 Å². The van der Waals surface area contributed by atoms with E-state index in [1.807, 2.05) is 0 Å². The van der Waals surface area contributed by atoms with Crippen molar-refractivity contribution in [2.24, 2.45) is 5.92 Å². The van der Waals surface area contributed by atoms with E-state index in [2.05, 4.69) is 4.90 Å². The summed E-state index contributed by atoms with van der Waals surface area (Å²) in [7, 11) is 1.42. The molecule has 1 unspecified atom stereocenters. The number of aliphatic carboxylic acids is 1. The maximum Gasteiger partial charge on any atom is 0.377 e. The average Bonchev–Trinajstić information content (AvgIpc) is 2.94. The molecule has 39 heavy (non-hydrogen) atoms. The van der Waals surface area contributed by atoms with E-state index in [0.717, 1.165) is 50.5 Å². The number of rotatable bonds is 11. The zero-order valence-electron chi connectivity index (χ0n) is 21.5. The summed E-state index contributed by atoms with van der Waals surface area (Å²) in [4.78, 5) is 24.9. The summed E-state index contributed by atoms with van der Waals surface area (Å²) in [6.07, 6.45) is 2.41. The Morgan fingerprint density at radius 3 is 2.26 bits per heavy atom. The number of methoxy groups -OCH3 is 1. The first-order valence-electron chi connectivity index (χ1n) is 12.8. The van der Waals surface area contributed by atoms with E-state index in [4.69, 9.17) is 14.6 Å². The molecule has 1 atom stereocenters. The predicted octanol–water partition coefficient (Wildman–Crippen LogP) is 5.69. The first-order chi connectivity index (χ1) is 18.8. The van der Waals surface area contributed by atoms with Crippen LogP contribution in [0.25, 0.3) is 0 Å². The van der Waals surface area contributed by atoms with Crippen molar-refractivity contribution in [1.82, 2.24) is 4.90 Å². The number of carbonyl (C=O) groups excluding carboxylic acids is 1.